The number of anilines is 1. The van der Waals surface area contributed by atoms with Crippen molar-refractivity contribution in [2.45, 2.75) is 33.6 Å². The summed E-state index contributed by atoms with van der Waals surface area (Å²) in [7, 11) is 0. The Balaban J connectivity index is 2.93. The number of aromatic carboxylic acids is 1. The Morgan fingerprint density at radius 2 is 2.05 bits per heavy atom. The van der Waals surface area contributed by atoms with E-state index in [-0.39, 0.29) is 17.6 Å². The van der Waals surface area contributed by atoms with E-state index in [0.29, 0.717) is 12.2 Å². The minimum Gasteiger partial charge on any atom is -0.478 e. The van der Waals surface area contributed by atoms with Crippen molar-refractivity contribution in [2.75, 3.05) is 18.5 Å². The van der Waals surface area contributed by atoms with Crippen LogP contribution in [0.2, 0.25) is 0 Å². The van der Waals surface area contributed by atoms with Gasteiger partial charge >= 0.3 is 5.97 Å². The summed E-state index contributed by atoms with van der Waals surface area (Å²) in [4.78, 5) is 15.1. The number of aromatic nitrogens is 1. The molecule has 0 fully saturated rings. The number of carboxylic acid groups (broad SMARTS) is 1. The monoisotopic (exact) mass is 266 g/mol. The maximum absolute atomic E-state index is 11.1. The first-order valence-corrected chi connectivity index (χ1v) is 6.52. The van der Waals surface area contributed by atoms with Crippen LogP contribution in [0.15, 0.2) is 12.3 Å². The molecule has 0 atom stereocenters. The zero-order valence-electron chi connectivity index (χ0n) is 11.7. The predicted octanol–water partition coefficient (Wildman–Crippen LogP) is 2.30. The number of hydrogen-bond donors (Lipinski definition) is 3. The fourth-order valence-electron chi connectivity index (χ4n) is 1.94. The summed E-state index contributed by atoms with van der Waals surface area (Å²) >= 11 is 0. The van der Waals surface area contributed by atoms with E-state index in [1.165, 1.54) is 6.20 Å². The van der Waals surface area contributed by atoms with Crippen LogP contribution in [-0.2, 0) is 0 Å². The maximum atomic E-state index is 11.1. The third kappa shape index (κ3) is 3.67. The molecule has 0 aromatic carbocycles. The lowest BCUT2D eigenvalue weighted by molar-refractivity contribution is 0.0697. The van der Waals surface area contributed by atoms with Crippen molar-refractivity contribution in [3.8, 4) is 0 Å². The van der Waals surface area contributed by atoms with Gasteiger partial charge in [-0.15, -0.1) is 0 Å². The molecule has 0 aliphatic rings. The van der Waals surface area contributed by atoms with Gasteiger partial charge in [0.25, 0.3) is 0 Å². The average Bonchev–Trinajstić information content (AvgIpc) is 2.40. The highest BCUT2D eigenvalue weighted by molar-refractivity contribution is 5.93. The van der Waals surface area contributed by atoms with Crippen LogP contribution in [0, 0.1) is 12.3 Å². The van der Waals surface area contributed by atoms with Crippen LogP contribution < -0.4 is 5.32 Å². The van der Waals surface area contributed by atoms with Crippen molar-refractivity contribution >= 4 is 11.7 Å². The number of aliphatic hydroxyl groups is 1. The lowest BCUT2D eigenvalue weighted by Crippen LogP contribution is -2.32. The van der Waals surface area contributed by atoms with Gasteiger partial charge in [-0.3, -0.25) is 4.98 Å². The summed E-state index contributed by atoms with van der Waals surface area (Å²) < 4.78 is 0. The SMILES string of the molecule is CCC(CC)(CO)CNc1cc(C)ncc1C(=O)O. The molecule has 0 spiro atoms. The van der Waals surface area contributed by atoms with Gasteiger partial charge in [0.1, 0.15) is 5.56 Å². The molecule has 1 aromatic heterocycles. The molecule has 5 heteroatoms. The van der Waals surface area contributed by atoms with Crippen LogP contribution in [0.25, 0.3) is 0 Å². The minimum absolute atomic E-state index is 0.0828. The summed E-state index contributed by atoms with van der Waals surface area (Å²) in [6.45, 7) is 6.49. The van der Waals surface area contributed by atoms with Crippen LogP contribution in [0.3, 0.4) is 0 Å². The molecule has 0 saturated carbocycles. The van der Waals surface area contributed by atoms with Gasteiger partial charge in [0, 0.05) is 23.9 Å². The molecule has 1 heterocycles. The molecule has 0 unspecified atom stereocenters. The van der Waals surface area contributed by atoms with Crippen molar-refractivity contribution in [3.05, 3.63) is 23.5 Å². The first-order chi connectivity index (χ1) is 8.98. The van der Waals surface area contributed by atoms with E-state index in [0.717, 1.165) is 18.5 Å². The largest absolute Gasteiger partial charge is 0.478 e. The second kappa shape index (κ2) is 6.52. The topological polar surface area (TPSA) is 82.5 Å². The summed E-state index contributed by atoms with van der Waals surface area (Å²) in [5.41, 5.74) is 1.26. The van der Waals surface area contributed by atoms with Gasteiger partial charge in [0.15, 0.2) is 0 Å². The van der Waals surface area contributed by atoms with E-state index in [1.54, 1.807) is 6.07 Å². The highest BCUT2D eigenvalue weighted by Gasteiger charge is 2.25. The number of nitrogens with one attached hydrogen (secondary N) is 1. The van der Waals surface area contributed by atoms with Crippen LogP contribution in [0.4, 0.5) is 5.69 Å². The molecule has 0 radical (unpaired) electrons. The number of pyridine rings is 1. The lowest BCUT2D eigenvalue weighted by Gasteiger charge is -2.30. The zero-order valence-corrected chi connectivity index (χ0v) is 11.7. The molecule has 0 saturated heterocycles. The van der Waals surface area contributed by atoms with Crippen molar-refractivity contribution in [2.24, 2.45) is 5.41 Å². The Kier molecular flexibility index (Phi) is 5.30. The van der Waals surface area contributed by atoms with E-state index >= 15 is 0 Å². The first kappa shape index (κ1) is 15.4. The van der Waals surface area contributed by atoms with E-state index in [1.807, 2.05) is 20.8 Å². The smallest absolute Gasteiger partial charge is 0.339 e. The maximum Gasteiger partial charge on any atom is 0.339 e. The number of rotatable bonds is 7. The molecule has 0 bridgehead atoms. The molecule has 0 aliphatic heterocycles. The van der Waals surface area contributed by atoms with Crippen LogP contribution in [-0.4, -0.2) is 34.3 Å². The van der Waals surface area contributed by atoms with Gasteiger partial charge < -0.3 is 15.5 Å². The molecule has 1 rings (SSSR count). The Morgan fingerprint density at radius 1 is 1.42 bits per heavy atom. The van der Waals surface area contributed by atoms with Crippen molar-refractivity contribution in [1.82, 2.24) is 4.98 Å². The van der Waals surface area contributed by atoms with Gasteiger partial charge in [0.2, 0.25) is 0 Å². The van der Waals surface area contributed by atoms with Gasteiger partial charge in [-0.1, -0.05) is 13.8 Å². The fraction of sp³-hybridized carbons (Fsp3) is 0.571. The molecular weight excluding hydrogens is 244 g/mol. The Labute approximate surface area is 113 Å². The quantitative estimate of drug-likeness (QED) is 0.705. The normalized spacial score (nSPS) is 11.4. The van der Waals surface area contributed by atoms with Crippen LogP contribution in [0.5, 0.6) is 0 Å². The molecule has 19 heavy (non-hydrogen) atoms. The molecule has 3 N–H and O–H groups in total. The minimum atomic E-state index is -1.00. The molecule has 106 valence electrons. The average molecular weight is 266 g/mol. The molecule has 0 amide bonds. The number of carboxylic acids is 1. The highest BCUT2D eigenvalue weighted by atomic mass is 16.4. The van der Waals surface area contributed by atoms with Crippen LogP contribution in [0.1, 0.15) is 42.7 Å². The van der Waals surface area contributed by atoms with E-state index in [4.69, 9.17) is 5.11 Å². The third-order valence-corrected chi connectivity index (χ3v) is 3.76. The number of aliphatic hydroxyl groups excluding tert-OH is 1. The number of carbonyl (C=O) groups is 1. The van der Waals surface area contributed by atoms with E-state index in [2.05, 4.69) is 10.3 Å². The Hall–Kier alpha value is -1.62. The Morgan fingerprint density at radius 3 is 2.53 bits per heavy atom. The summed E-state index contributed by atoms with van der Waals surface area (Å²) in [5, 5.41) is 21.8. The van der Waals surface area contributed by atoms with Crippen molar-refractivity contribution < 1.29 is 15.0 Å². The van der Waals surface area contributed by atoms with Crippen molar-refractivity contribution in [3.63, 3.8) is 0 Å². The van der Waals surface area contributed by atoms with Gasteiger partial charge in [-0.2, -0.15) is 0 Å². The highest BCUT2D eigenvalue weighted by Crippen LogP contribution is 2.27. The molecular formula is C14H22N2O3. The standard InChI is InChI=1S/C14H22N2O3/c1-4-14(5-2,9-17)8-16-12-6-10(3)15-7-11(12)13(18)19/h6-7,17H,4-5,8-9H2,1-3H3,(H,15,16)(H,18,19). The number of nitrogens with zero attached hydrogens (tertiary/aromatic N) is 1. The molecule has 1 aromatic rings. The predicted molar refractivity (Wildman–Crippen MR) is 74.5 cm³/mol. The lowest BCUT2D eigenvalue weighted by atomic mass is 9.83. The number of aryl methyl sites for hydroxylation is 1. The van der Waals surface area contributed by atoms with E-state index < -0.39 is 5.97 Å². The second-order valence-corrected chi connectivity index (χ2v) is 4.90. The zero-order chi connectivity index (χ0) is 14.5. The van der Waals surface area contributed by atoms with Gasteiger partial charge in [-0.25, -0.2) is 4.79 Å². The molecule has 0 aliphatic carbocycles. The Bertz CT molecular complexity index is 434. The molecule has 5 nitrogen and oxygen atoms in total. The van der Waals surface area contributed by atoms with Crippen molar-refractivity contribution in [1.29, 1.82) is 0 Å². The fourth-order valence-corrected chi connectivity index (χ4v) is 1.94. The van der Waals surface area contributed by atoms with Crippen LogP contribution >= 0.6 is 0 Å². The first-order valence-electron chi connectivity index (χ1n) is 6.52. The van der Waals surface area contributed by atoms with Gasteiger partial charge in [0.05, 0.1) is 12.3 Å². The summed E-state index contributed by atoms with van der Waals surface area (Å²) in [5.74, 6) is -1.00. The second-order valence-electron chi connectivity index (χ2n) is 4.90. The third-order valence-electron chi connectivity index (χ3n) is 3.76. The summed E-state index contributed by atoms with van der Waals surface area (Å²) in [6.07, 6.45) is 3.03. The number of hydrogen-bond acceptors (Lipinski definition) is 4. The summed E-state index contributed by atoms with van der Waals surface area (Å²) in [6, 6.07) is 1.72. The van der Waals surface area contributed by atoms with E-state index in [9.17, 15) is 9.90 Å². The van der Waals surface area contributed by atoms with Gasteiger partial charge in [-0.05, 0) is 25.8 Å².